The molecule has 1 saturated carbocycles. The van der Waals surface area contributed by atoms with Crippen molar-refractivity contribution in [2.24, 2.45) is 21.1 Å². The molecule has 1 aromatic carbocycles. The maximum atomic E-state index is 12.1. The number of aliphatic imine (C=N–C) groups is 2. The van der Waals surface area contributed by atoms with Crippen LogP contribution >= 0.6 is 34.8 Å². The minimum atomic E-state index is -0.533. The number of ether oxygens (including phenoxy) is 1. The van der Waals surface area contributed by atoms with Crippen LogP contribution in [-0.4, -0.2) is 47.4 Å². The zero-order valence-corrected chi connectivity index (χ0v) is 23.3. The molecule has 4 N–H and O–H groups in total. The highest BCUT2D eigenvalue weighted by molar-refractivity contribution is 6.41. The van der Waals surface area contributed by atoms with Crippen LogP contribution in [0.5, 0.6) is 0 Å². The molecule has 0 spiro atoms. The van der Waals surface area contributed by atoms with Crippen LogP contribution in [0.2, 0.25) is 15.1 Å². The van der Waals surface area contributed by atoms with Crippen molar-refractivity contribution in [3.63, 3.8) is 0 Å². The van der Waals surface area contributed by atoms with Gasteiger partial charge in [0.25, 0.3) is 0 Å². The van der Waals surface area contributed by atoms with Gasteiger partial charge in [-0.2, -0.15) is 0 Å². The number of carbonyl (C=O) groups excluding carboxylic acids is 1. The van der Waals surface area contributed by atoms with E-state index >= 15 is 0 Å². The number of nitrogens with two attached hydrogens (primary N) is 1. The highest BCUT2D eigenvalue weighted by atomic mass is 35.5. The number of anilines is 3. The summed E-state index contributed by atoms with van der Waals surface area (Å²) >= 11 is 19.0. The molecular weight excluding hydrogens is 537 g/mol. The number of benzene rings is 1. The van der Waals surface area contributed by atoms with Crippen LogP contribution in [-0.2, 0) is 9.53 Å². The first-order valence-corrected chi connectivity index (χ1v) is 13.4. The number of hydrogen-bond donors (Lipinski definition) is 3. The Morgan fingerprint density at radius 3 is 2.38 bits per heavy atom. The average Bonchev–Trinajstić information content (AvgIpc) is 3.16. The van der Waals surface area contributed by atoms with Crippen LogP contribution < -0.4 is 16.4 Å². The molecule has 4 rings (SSSR count). The first-order valence-electron chi connectivity index (χ1n) is 12.3. The van der Waals surface area contributed by atoms with E-state index < -0.39 is 5.41 Å². The van der Waals surface area contributed by atoms with E-state index in [4.69, 9.17) is 55.2 Å². The largest absolute Gasteiger partial charge is 0.381 e. The van der Waals surface area contributed by atoms with Gasteiger partial charge in [-0.1, -0.05) is 41.7 Å². The van der Waals surface area contributed by atoms with Crippen LogP contribution in [0.15, 0.2) is 22.1 Å². The van der Waals surface area contributed by atoms with Crippen LogP contribution in [0.4, 0.5) is 17.5 Å². The molecule has 1 saturated heterocycles. The van der Waals surface area contributed by atoms with Gasteiger partial charge < -0.3 is 21.1 Å². The van der Waals surface area contributed by atoms with Gasteiger partial charge in [0.2, 0.25) is 17.8 Å². The molecule has 2 aliphatic rings. The van der Waals surface area contributed by atoms with Crippen LogP contribution in [0.25, 0.3) is 0 Å². The molecule has 12 heteroatoms. The molecule has 200 valence electrons. The maximum Gasteiger partial charge on any atom is 0.223 e. The summed E-state index contributed by atoms with van der Waals surface area (Å²) in [7, 11) is 0. The lowest BCUT2D eigenvalue weighted by atomic mass is 9.73. The molecule has 0 unspecified atom stereocenters. The quantitative estimate of drug-likeness (QED) is 0.285. The second-order valence-corrected chi connectivity index (χ2v) is 11.1. The number of aromatic nitrogens is 2. The van der Waals surface area contributed by atoms with Gasteiger partial charge in [-0.3, -0.25) is 9.36 Å². The van der Waals surface area contributed by atoms with E-state index in [0.717, 1.165) is 37.2 Å². The van der Waals surface area contributed by atoms with E-state index in [1.807, 2.05) is 13.8 Å². The monoisotopic (exact) mass is 567 g/mol. The fourth-order valence-electron chi connectivity index (χ4n) is 4.86. The van der Waals surface area contributed by atoms with Gasteiger partial charge >= 0.3 is 0 Å². The molecular formula is C25H32Cl3N7O2. The molecule has 0 bridgehead atoms. The van der Waals surface area contributed by atoms with Crippen molar-refractivity contribution in [3.8, 4) is 0 Å². The van der Waals surface area contributed by atoms with Crippen LogP contribution in [0.3, 0.4) is 0 Å². The van der Waals surface area contributed by atoms with Gasteiger partial charge in [-0.15, -0.1) is 0 Å². The van der Waals surface area contributed by atoms with E-state index in [1.165, 1.54) is 0 Å². The molecule has 2 fully saturated rings. The van der Waals surface area contributed by atoms with Crippen molar-refractivity contribution in [1.29, 1.82) is 0 Å². The Kier molecular flexibility index (Phi) is 8.68. The molecule has 1 amide bonds. The van der Waals surface area contributed by atoms with Gasteiger partial charge in [0, 0.05) is 29.7 Å². The number of nitrogens with zero attached hydrogens (tertiary/aromatic N) is 4. The first-order chi connectivity index (χ1) is 17.6. The summed E-state index contributed by atoms with van der Waals surface area (Å²) in [4.78, 5) is 25.8. The predicted molar refractivity (Wildman–Crippen MR) is 151 cm³/mol. The number of primary amides is 1. The zero-order valence-electron chi connectivity index (χ0n) is 21.0. The van der Waals surface area contributed by atoms with E-state index in [0.29, 0.717) is 58.7 Å². The lowest BCUT2D eigenvalue weighted by Gasteiger charge is -2.36. The van der Waals surface area contributed by atoms with Gasteiger partial charge in [-0.25, -0.2) is 15.0 Å². The Bertz CT molecular complexity index is 1180. The smallest absolute Gasteiger partial charge is 0.223 e. The molecule has 1 aliphatic heterocycles. The fraction of sp³-hybridized carbons (Fsp3) is 0.520. The van der Waals surface area contributed by atoms with Gasteiger partial charge in [0.1, 0.15) is 5.82 Å². The SMILES string of the molecule is C=NC(=NC1CCOCC1)Nc1c(C)nc(Nc2c(Cl)cc(Cl)cc2Cl)n1C1CCC(C)(C(N)=O)CC1. The van der Waals surface area contributed by atoms with Crippen molar-refractivity contribution >= 4 is 70.8 Å². The summed E-state index contributed by atoms with van der Waals surface area (Å²) in [5.74, 6) is 1.43. The summed E-state index contributed by atoms with van der Waals surface area (Å²) in [6.45, 7) is 8.90. The highest BCUT2D eigenvalue weighted by Crippen LogP contribution is 2.44. The number of aryl methyl sites for hydroxylation is 1. The van der Waals surface area contributed by atoms with Gasteiger partial charge in [0.05, 0.1) is 27.5 Å². The van der Waals surface area contributed by atoms with Crippen molar-refractivity contribution in [2.75, 3.05) is 23.8 Å². The van der Waals surface area contributed by atoms with E-state index in [-0.39, 0.29) is 18.0 Å². The lowest BCUT2D eigenvalue weighted by Crippen LogP contribution is -2.38. The first kappa shape index (κ1) is 27.7. The third kappa shape index (κ3) is 6.22. The Morgan fingerprint density at radius 2 is 1.81 bits per heavy atom. The molecule has 2 heterocycles. The number of amides is 1. The Balaban J connectivity index is 1.71. The average molecular weight is 569 g/mol. The van der Waals surface area contributed by atoms with Gasteiger partial charge in [-0.05, 0) is 64.3 Å². The van der Waals surface area contributed by atoms with Crippen molar-refractivity contribution in [1.82, 2.24) is 9.55 Å². The number of rotatable bonds is 6. The van der Waals surface area contributed by atoms with Crippen LogP contribution in [0, 0.1) is 12.3 Å². The van der Waals surface area contributed by atoms with Crippen molar-refractivity contribution in [3.05, 3.63) is 32.9 Å². The molecule has 2 aromatic rings. The zero-order chi connectivity index (χ0) is 26.7. The molecule has 37 heavy (non-hydrogen) atoms. The number of hydrogen-bond acceptors (Lipinski definition) is 5. The molecule has 1 aromatic heterocycles. The fourth-order valence-corrected chi connectivity index (χ4v) is 5.78. The summed E-state index contributed by atoms with van der Waals surface area (Å²) in [5.41, 5.74) is 6.40. The maximum absolute atomic E-state index is 12.1. The summed E-state index contributed by atoms with van der Waals surface area (Å²) in [6.07, 6.45) is 4.44. The predicted octanol–water partition coefficient (Wildman–Crippen LogP) is 6.15. The van der Waals surface area contributed by atoms with E-state index in [9.17, 15) is 4.79 Å². The second kappa shape index (κ2) is 11.6. The molecule has 0 radical (unpaired) electrons. The van der Waals surface area contributed by atoms with Crippen LogP contribution in [0.1, 0.15) is 57.2 Å². The number of nitrogens with one attached hydrogen (secondary N) is 2. The second-order valence-electron chi connectivity index (χ2n) is 9.84. The number of guanidine groups is 1. The number of halogens is 3. The van der Waals surface area contributed by atoms with E-state index in [1.54, 1.807) is 12.1 Å². The number of carbonyl (C=O) groups is 1. The normalized spacial score (nSPS) is 23.1. The van der Waals surface area contributed by atoms with Crippen molar-refractivity contribution in [2.45, 2.75) is 64.5 Å². The highest BCUT2D eigenvalue weighted by Gasteiger charge is 2.38. The summed E-state index contributed by atoms with van der Waals surface area (Å²) < 4.78 is 7.52. The molecule has 1 aliphatic carbocycles. The number of imidazole rings is 1. The summed E-state index contributed by atoms with van der Waals surface area (Å²) in [5, 5.41) is 7.85. The standard InChI is InChI=1S/C25H32Cl3N7O2/c1-14-21(34-23(30-3)32-16-6-10-37-11-7-16)35(17-4-8-25(2,9-5-17)22(29)36)24(31-14)33-20-18(27)12-15(26)13-19(20)28/h12-13,16-17H,3-11H2,1-2H3,(H2,29,36)(H,31,33)(H,32,34). The van der Waals surface area contributed by atoms with Crippen molar-refractivity contribution < 1.29 is 9.53 Å². The third-order valence-corrected chi connectivity index (χ3v) is 8.04. The minimum absolute atomic E-state index is 0.0256. The van der Waals surface area contributed by atoms with Gasteiger partial charge in [0.15, 0.2) is 0 Å². The van der Waals surface area contributed by atoms with E-state index in [2.05, 4.69) is 26.9 Å². The Morgan fingerprint density at radius 1 is 1.19 bits per heavy atom. The Hall–Kier alpha value is -2.33. The Labute approximate surface area is 231 Å². The molecule has 0 atom stereocenters. The summed E-state index contributed by atoms with van der Waals surface area (Å²) in [6, 6.07) is 3.37. The lowest BCUT2D eigenvalue weighted by molar-refractivity contribution is -0.128. The minimum Gasteiger partial charge on any atom is -0.381 e. The topological polar surface area (TPSA) is 119 Å². The molecule has 9 nitrogen and oxygen atoms in total. The third-order valence-electron chi connectivity index (χ3n) is 7.22.